The molecule has 3 N–H and O–H groups in total. The highest BCUT2D eigenvalue weighted by Gasteiger charge is 2.16. The van der Waals surface area contributed by atoms with Crippen LogP contribution in [0.4, 0.5) is 5.69 Å². The SMILES string of the molecule is CC[n+]1cc(NC(=O)C(C)N)ccc1Oc1ccc(C)c(OC)c1. The standard InChI is InChI=1S/C18H23N3O3/c1-5-21-11-14(20-18(22)13(3)19)7-9-17(21)24-15-8-6-12(2)16(10-15)23-4/h6-11,13H,5,19H2,1-4H3/p+1. The number of pyridine rings is 1. The van der Waals surface area contributed by atoms with Gasteiger partial charge < -0.3 is 20.5 Å². The van der Waals surface area contributed by atoms with Gasteiger partial charge in [-0.15, -0.1) is 0 Å². The molecule has 6 heteroatoms. The lowest BCUT2D eigenvalue weighted by Gasteiger charge is -2.10. The number of carbonyl (C=O) groups excluding carboxylic acids is 1. The highest BCUT2D eigenvalue weighted by molar-refractivity contribution is 5.94. The van der Waals surface area contributed by atoms with Crippen LogP contribution in [0.25, 0.3) is 0 Å². The first kappa shape index (κ1) is 17.7. The number of anilines is 1. The molecule has 0 saturated heterocycles. The summed E-state index contributed by atoms with van der Waals surface area (Å²) in [6.45, 7) is 6.32. The Balaban J connectivity index is 2.23. The highest BCUT2D eigenvalue weighted by Crippen LogP contribution is 2.27. The number of hydrogen-bond acceptors (Lipinski definition) is 4. The van der Waals surface area contributed by atoms with Gasteiger partial charge in [-0.05, 0) is 38.5 Å². The number of nitrogens with one attached hydrogen (secondary N) is 1. The summed E-state index contributed by atoms with van der Waals surface area (Å²) >= 11 is 0. The molecule has 0 bridgehead atoms. The van der Waals surface area contributed by atoms with Gasteiger partial charge in [-0.25, -0.2) is 0 Å². The number of rotatable bonds is 6. The molecule has 0 aliphatic heterocycles. The molecule has 128 valence electrons. The van der Waals surface area contributed by atoms with Crippen molar-refractivity contribution in [3.05, 3.63) is 42.1 Å². The van der Waals surface area contributed by atoms with Gasteiger partial charge in [-0.3, -0.25) is 4.79 Å². The third-order valence-corrected chi connectivity index (χ3v) is 3.61. The Morgan fingerprint density at radius 2 is 2.08 bits per heavy atom. The Morgan fingerprint density at radius 1 is 1.33 bits per heavy atom. The van der Waals surface area contributed by atoms with E-state index in [0.717, 1.165) is 11.3 Å². The third-order valence-electron chi connectivity index (χ3n) is 3.61. The molecule has 1 atom stereocenters. The molecule has 1 unspecified atom stereocenters. The molecule has 1 aromatic heterocycles. The van der Waals surface area contributed by atoms with Crippen molar-refractivity contribution in [2.45, 2.75) is 33.4 Å². The van der Waals surface area contributed by atoms with Gasteiger partial charge in [0.2, 0.25) is 5.91 Å². The van der Waals surface area contributed by atoms with Crippen molar-refractivity contribution in [1.29, 1.82) is 0 Å². The number of ether oxygens (including phenoxy) is 2. The molecular formula is C18H24N3O3+. The smallest absolute Gasteiger partial charge is 0.373 e. The second kappa shape index (κ2) is 7.79. The quantitative estimate of drug-likeness (QED) is 0.797. The van der Waals surface area contributed by atoms with E-state index in [1.165, 1.54) is 0 Å². The van der Waals surface area contributed by atoms with Crippen molar-refractivity contribution in [3.63, 3.8) is 0 Å². The van der Waals surface area contributed by atoms with Gasteiger partial charge in [0.05, 0.1) is 19.2 Å². The van der Waals surface area contributed by atoms with E-state index in [1.54, 1.807) is 20.1 Å². The minimum absolute atomic E-state index is 0.227. The lowest BCUT2D eigenvalue weighted by atomic mass is 10.2. The molecule has 1 amide bonds. The first-order valence-electron chi connectivity index (χ1n) is 7.87. The number of hydrogen-bond donors (Lipinski definition) is 2. The third kappa shape index (κ3) is 4.23. The minimum atomic E-state index is -0.559. The van der Waals surface area contributed by atoms with E-state index in [-0.39, 0.29) is 5.91 Å². The number of amides is 1. The number of benzene rings is 1. The summed E-state index contributed by atoms with van der Waals surface area (Å²) in [6, 6.07) is 8.72. The highest BCUT2D eigenvalue weighted by atomic mass is 16.5. The number of aromatic nitrogens is 1. The van der Waals surface area contributed by atoms with Crippen LogP contribution in [0, 0.1) is 6.92 Å². The minimum Gasteiger partial charge on any atom is -0.496 e. The molecule has 2 aromatic rings. The summed E-state index contributed by atoms with van der Waals surface area (Å²) in [6.07, 6.45) is 1.82. The summed E-state index contributed by atoms with van der Waals surface area (Å²) in [4.78, 5) is 11.7. The second-order valence-electron chi connectivity index (χ2n) is 5.55. The van der Waals surface area contributed by atoms with E-state index in [0.29, 0.717) is 23.9 Å². The fourth-order valence-electron chi connectivity index (χ4n) is 2.19. The van der Waals surface area contributed by atoms with Crippen LogP contribution in [0.3, 0.4) is 0 Å². The van der Waals surface area contributed by atoms with Crippen LogP contribution in [0.15, 0.2) is 36.5 Å². The molecule has 1 heterocycles. The fraction of sp³-hybridized carbons (Fsp3) is 0.333. The van der Waals surface area contributed by atoms with Crippen molar-refractivity contribution in [2.75, 3.05) is 12.4 Å². The Bertz CT molecular complexity index is 729. The molecule has 1 aromatic carbocycles. The zero-order valence-electron chi connectivity index (χ0n) is 14.5. The van der Waals surface area contributed by atoms with Crippen LogP contribution in [0.2, 0.25) is 0 Å². The van der Waals surface area contributed by atoms with E-state index >= 15 is 0 Å². The van der Waals surface area contributed by atoms with E-state index in [2.05, 4.69) is 5.32 Å². The van der Waals surface area contributed by atoms with Gasteiger partial charge in [0.15, 0.2) is 6.20 Å². The summed E-state index contributed by atoms with van der Waals surface area (Å²) in [7, 11) is 1.63. The van der Waals surface area contributed by atoms with Crippen LogP contribution in [-0.2, 0) is 11.3 Å². The maximum Gasteiger partial charge on any atom is 0.373 e. The molecule has 0 aliphatic carbocycles. The van der Waals surface area contributed by atoms with Crippen LogP contribution in [0.1, 0.15) is 19.4 Å². The molecule has 2 rings (SSSR count). The summed E-state index contributed by atoms with van der Waals surface area (Å²) < 4.78 is 13.2. The van der Waals surface area contributed by atoms with Gasteiger partial charge in [-0.1, -0.05) is 6.07 Å². The average molecular weight is 330 g/mol. The van der Waals surface area contributed by atoms with Crippen molar-refractivity contribution < 1.29 is 18.8 Å². The van der Waals surface area contributed by atoms with Crippen molar-refractivity contribution in [3.8, 4) is 17.4 Å². The van der Waals surface area contributed by atoms with Gasteiger partial charge in [-0.2, -0.15) is 4.57 Å². The van der Waals surface area contributed by atoms with Gasteiger partial charge in [0.25, 0.3) is 0 Å². The summed E-state index contributed by atoms with van der Waals surface area (Å²) in [5.74, 6) is 1.90. The molecule has 0 fully saturated rings. The number of nitrogens with zero attached hydrogens (tertiary/aromatic N) is 1. The molecule has 24 heavy (non-hydrogen) atoms. The van der Waals surface area contributed by atoms with E-state index in [9.17, 15) is 4.79 Å². The van der Waals surface area contributed by atoms with Crippen molar-refractivity contribution >= 4 is 11.6 Å². The number of methoxy groups -OCH3 is 1. The fourth-order valence-corrected chi connectivity index (χ4v) is 2.19. The normalized spacial score (nSPS) is 11.7. The van der Waals surface area contributed by atoms with Gasteiger partial charge in [0, 0.05) is 6.07 Å². The second-order valence-corrected chi connectivity index (χ2v) is 5.55. The predicted octanol–water partition coefficient (Wildman–Crippen LogP) is 2.39. The average Bonchev–Trinajstić information content (AvgIpc) is 2.57. The lowest BCUT2D eigenvalue weighted by molar-refractivity contribution is -0.696. The molecule has 0 saturated carbocycles. The Labute approximate surface area is 142 Å². The first-order chi connectivity index (χ1) is 11.4. The van der Waals surface area contributed by atoms with Crippen molar-refractivity contribution in [1.82, 2.24) is 0 Å². The maximum absolute atomic E-state index is 11.7. The van der Waals surface area contributed by atoms with Crippen LogP contribution < -0.4 is 25.1 Å². The maximum atomic E-state index is 11.7. The Hall–Kier alpha value is -2.60. The Morgan fingerprint density at radius 3 is 2.71 bits per heavy atom. The van der Waals surface area contributed by atoms with Crippen LogP contribution in [0.5, 0.6) is 17.4 Å². The summed E-state index contributed by atoms with van der Waals surface area (Å²) in [5, 5.41) is 2.77. The number of nitrogens with two attached hydrogens (primary N) is 1. The zero-order chi connectivity index (χ0) is 17.7. The molecule has 0 spiro atoms. The molecule has 0 radical (unpaired) electrons. The van der Waals surface area contributed by atoms with Gasteiger partial charge >= 0.3 is 5.88 Å². The van der Waals surface area contributed by atoms with E-state index < -0.39 is 6.04 Å². The predicted molar refractivity (Wildman–Crippen MR) is 92.4 cm³/mol. The first-order valence-corrected chi connectivity index (χ1v) is 7.87. The van der Waals surface area contributed by atoms with E-state index in [1.807, 2.05) is 48.9 Å². The van der Waals surface area contributed by atoms with E-state index in [4.69, 9.17) is 15.2 Å². The van der Waals surface area contributed by atoms with Gasteiger partial charge in [0.1, 0.15) is 23.7 Å². The lowest BCUT2D eigenvalue weighted by Crippen LogP contribution is -2.36. The monoisotopic (exact) mass is 330 g/mol. The zero-order valence-corrected chi connectivity index (χ0v) is 14.5. The topological polar surface area (TPSA) is 77.5 Å². The molecule has 0 aliphatic rings. The number of aryl methyl sites for hydroxylation is 2. The molecular weight excluding hydrogens is 306 g/mol. The van der Waals surface area contributed by atoms with Crippen LogP contribution in [-0.4, -0.2) is 19.1 Å². The van der Waals surface area contributed by atoms with Crippen molar-refractivity contribution in [2.24, 2.45) is 5.73 Å². The number of carbonyl (C=O) groups is 1. The molecule has 6 nitrogen and oxygen atoms in total. The van der Waals surface area contributed by atoms with Crippen LogP contribution >= 0.6 is 0 Å². The largest absolute Gasteiger partial charge is 0.496 e. The summed E-state index contributed by atoms with van der Waals surface area (Å²) in [5.41, 5.74) is 7.29. The Kier molecular flexibility index (Phi) is 5.76.